The van der Waals surface area contributed by atoms with Crippen LogP contribution in [-0.2, 0) is 11.3 Å². The first-order valence-corrected chi connectivity index (χ1v) is 7.57. The summed E-state index contributed by atoms with van der Waals surface area (Å²) in [7, 11) is 1.92. The third-order valence-electron chi connectivity index (χ3n) is 3.27. The van der Waals surface area contributed by atoms with Crippen LogP contribution >= 0.6 is 15.9 Å². The molecule has 1 atom stereocenters. The molecule has 0 unspecified atom stereocenters. The molecule has 108 valence electrons. The summed E-state index contributed by atoms with van der Waals surface area (Å²) in [6.45, 7) is 2.50. The van der Waals surface area contributed by atoms with Crippen LogP contribution in [0.1, 0.15) is 18.4 Å². The van der Waals surface area contributed by atoms with E-state index in [2.05, 4.69) is 22.0 Å². The van der Waals surface area contributed by atoms with Crippen LogP contribution in [0.25, 0.3) is 0 Å². The van der Waals surface area contributed by atoms with Crippen molar-refractivity contribution in [2.75, 3.05) is 26.8 Å². The lowest BCUT2D eigenvalue weighted by Gasteiger charge is -2.19. The molecule has 0 radical (unpaired) electrons. The van der Waals surface area contributed by atoms with Crippen LogP contribution < -0.4 is 4.74 Å². The number of ether oxygens (including phenoxy) is 2. The number of rotatable bonds is 6. The quantitative estimate of drug-likeness (QED) is 0.748. The molecule has 0 bridgehead atoms. The second-order valence-electron chi connectivity index (χ2n) is 5.00. The topological polar surface area (TPSA) is 45.5 Å². The van der Waals surface area contributed by atoms with Crippen LogP contribution in [-0.4, -0.2) is 37.8 Å². The standard InChI is InChI=1S/C15H19BrN2O2/c1-18(8-7-17)10-12-4-2-6-14(16)15(12)20-11-13-5-3-9-19-13/h2,4,6,13H,3,5,8-11H2,1H3/t13-/m1/s1. The second-order valence-corrected chi connectivity index (χ2v) is 5.86. The molecule has 1 aliphatic rings. The minimum atomic E-state index is 0.201. The zero-order valence-electron chi connectivity index (χ0n) is 11.6. The zero-order chi connectivity index (χ0) is 14.4. The molecule has 1 aromatic carbocycles. The molecule has 0 N–H and O–H groups in total. The maximum absolute atomic E-state index is 8.74. The van der Waals surface area contributed by atoms with E-state index in [9.17, 15) is 0 Å². The number of para-hydroxylation sites is 1. The molecule has 2 rings (SSSR count). The Labute approximate surface area is 128 Å². The minimum Gasteiger partial charge on any atom is -0.489 e. The van der Waals surface area contributed by atoms with Gasteiger partial charge in [0.1, 0.15) is 12.4 Å². The van der Waals surface area contributed by atoms with Crippen LogP contribution in [0, 0.1) is 11.3 Å². The summed E-state index contributed by atoms with van der Waals surface area (Å²) in [5, 5.41) is 8.74. The Morgan fingerprint density at radius 3 is 3.10 bits per heavy atom. The number of hydrogen-bond acceptors (Lipinski definition) is 4. The van der Waals surface area contributed by atoms with E-state index in [1.807, 2.05) is 30.1 Å². The van der Waals surface area contributed by atoms with E-state index in [0.29, 0.717) is 19.7 Å². The molecular weight excluding hydrogens is 320 g/mol. The first-order chi connectivity index (χ1) is 9.70. The normalized spacial score (nSPS) is 18.2. The molecular formula is C15H19BrN2O2. The van der Waals surface area contributed by atoms with Crippen LogP contribution in [0.5, 0.6) is 5.75 Å². The van der Waals surface area contributed by atoms with Crippen LogP contribution in [0.2, 0.25) is 0 Å². The summed E-state index contributed by atoms with van der Waals surface area (Å²) in [5.74, 6) is 0.854. The van der Waals surface area contributed by atoms with Crippen molar-refractivity contribution in [3.05, 3.63) is 28.2 Å². The molecule has 5 heteroatoms. The van der Waals surface area contributed by atoms with E-state index >= 15 is 0 Å². The molecule has 0 aromatic heterocycles. The number of nitriles is 1. The van der Waals surface area contributed by atoms with Gasteiger partial charge in [0.15, 0.2) is 0 Å². The molecule has 0 aliphatic carbocycles. The smallest absolute Gasteiger partial charge is 0.138 e. The maximum atomic E-state index is 8.74. The van der Waals surface area contributed by atoms with Gasteiger partial charge in [0.25, 0.3) is 0 Å². The van der Waals surface area contributed by atoms with Crippen molar-refractivity contribution in [1.82, 2.24) is 4.90 Å². The molecule has 0 saturated carbocycles. The van der Waals surface area contributed by atoms with E-state index in [4.69, 9.17) is 14.7 Å². The highest BCUT2D eigenvalue weighted by Crippen LogP contribution is 2.30. The fourth-order valence-corrected chi connectivity index (χ4v) is 2.78. The first-order valence-electron chi connectivity index (χ1n) is 6.78. The number of hydrogen-bond donors (Lipinski definition) is 0. The number of halogens is 1. The fourth-order valence-electron chi connectivity index (χ4n) is 2.26. The lowest BCUT2D eigenvalue weighted by molar-refractivity contribution is 0.0671. The largest absolute Gasteiger partial charge is 0.489 e. The van der Waals surface area contributed by atoms with Crippen molar-refractivity contribution in [1.29, 1.82) is 5.26 Å². The molecule has 20 heavy (non-hydrogen) atoms. The Kier molecular flexibility index (Phi) is 5.84. The highest BCUT2D eigenvalue weighted by molar-refractivity contribution is 9.10. The van der Waals surface area contributed by atoms with Gasteiger partial charge in [-0.1, -0.05) is 12.1 Å². The predicted octanol–water partition coefficient (Wildman–Crippen LogP) is 2.96. The van der Waals surface area contributed by atoms with Gasteiger partial charge in [-0.3, -0.25) is 4.90 Å². The monoisotopic (exact) mass is 338 g/mol. The third kappa shape index (κ3) is 4.20. The Morgan fingerprint density at radius 1 is 1.55 bits per heavy atom. The highest BCUT2D eigenvalue weighted by atomic mass is 79.9. The fraction of sp³-hybridized carbons (Fsp3) is 0.533. The van der Waals surface area contributed by atoms with Gasteiger partial charge in [-0.25, -0.2) is 0 Å². The van der Waals surface area contributed by atoms with Crippen molar-refractivity contribution in [2.24, 2.45) is 0 Å². The third-order valence-corrected chi connectivity index (χ3v) is 3.89. The van der Waals surface area contributed by atoms with Crippen LogP contribution in [0.15, 0.2) is 22.7 Å². The summed E-state index contributed by atoms with van der Waals surface area (Å²) >= 11 is 3.54. The summed E-state index contributed by atoms with van der Waals surface area (Å²) in [6, 6.07) is 8.14. The Morgan fingerprint density at radius 2 is 2.40 bits per heavy atom. The molecule has 1 heterocycles. The van der Waals surface area contributed by atoms with Crippen molar-refractivity contribution in [3.8, 4) is 11.8 Å². The van der Waals surface area contributed by atoms with Gasteiger partial charge in [0.2, 0.25) is 0 Å². The van der Waals surface area contributed by atoms with Crippen molar-refractivity contribution in [3.63, 3.8) is 0 Å². The molecule has 1 aliphatic heterocycles. The van der Waals surface area contributed by atoms with Gasteiger partial charge < -0.3 is 9.47 Å². The van der Waals surface area contributed by atoms with Gasteiger partial charge in [-0.2, -0.15) is 5.26 Å². The summed E-state index contributed by atoms with van der Waals surface area (Å²) in [5.41, 5.74) is 1.08. The van der Waals surface area contributed by atoms with Crippen LogP contribution in [0.4, 0.5) is 0 Å². The molecule has 1 saturated heterocycles. The number of benzene rings is 1. The maximum Gasteiger partial charge on any atom is 0.138 e. The molecule has 1 fully saturated rings. The lowest BCUT2D eigenvalue weighted by Crippen LogP contribution is -2.20. The van der Waals surface area contributed by atoms with E-state index in [1.54, 1.807) is 0 Å². The Hall–Kier alpha value is -1.09. The lowest BCUT2D eigenvalue weighted by atomic mass is 10.2. The predicted molar refractivity (Wildman–Crippen MR) is 80.6 cm³/mol. The van der Waals surface area contributed by atoms with Gasteiger partial charge in [0, 0.05) is 18.7 Å². The van der Waals surface area contributed by atoms with Crippen molar-refractivity contribution >= 4 is 15.9 Å². The van der Waals surface area contributed by atoms with E-state index in [0.717, 1.165) is 35.2 Å². The Balaban J connectivity index is 2.03. The van der Waals surface area contributed by atoms with Gasteiger partial charge in [-0.15, -0.1) is 0 Å². The molecule has 1 aromatic rings. The van der Waals surface area contributed by atoms with Crippen molar-refractivity contribution < 1.29 is 9.47 Å². The molecule has 0 amide bonds. The minimum absolute atomic E-state index is 0.201. The van der Waals surface area contributed by atoms with Gasteiger partial charge in [-0.05, 0) is 41.9 Å². The van der Waals surface area contributed by atoms with Crippen LogP contribution in [0.3, 0.4) is 0 Å². The first kappa shape index (κ1) is 15.3. The number of nitrogens with zero attached hydrogens (tertiary/aromatic N) is 2. The van der Waals surface area contributed by atoms with E-state index in [1.165, 1.54) is 0 Å². The zero-order valence-corrected chi connectivity index (χ0v) is 13.2. The van der Waals surface area contributed by atoms with E-state index < -0.39 is 0 Å². The molecule has 0 spiro atoms. The SMILES string of the molecule is CN(CC#N)Cc1cccc(Br)c1OC[C@H]1CCCO1. The van der Waals surface area contributed by atoms with Crippen molar-refractivity contribution in [2.45, 2.75) is 25.5 Å². The highest BCUT2D eigenvalue weighted by Gasteiger charge is 2.18. The second kappa shape index (κ2) is 7.63. The average molecular weight is 339 g/mol. The Bertz CT molecular complexity index is 481. The summed E-state index contributed by atoms with van der Waals surface area (Å²) < 4.78 is 12.5. The van der Waals surface area contributed by atoms with Gasteiger partial charge >= 0.3 is 0 Å². The average Bonchev–Trinajstić information content (AvgIpc) is 2.91. The summed E-state index contributed by atoms with van der Waals surface area (Å²) in [4.78, 5) is 1.96. The van der Waals surface area contributed by atoms with E-state index in [-0.39, 0.29) is 6.10 Å². The molecule has 4 nitrogen and oxygen atoms in total. The summed E-state index contributed by atoms with van der Waals surface area (Å²) in [6.07, 6.45) is 2.38. The van der Waals surface area contributed by atoms with Gasteiger partial charge in [0.05, 0.1) is 23.2 Å².